The van der Waals surface area contributed by atoms with Crippen LogP contribution in [0.15, 0.2) is 28.7 Å². The summed E-state index contributed by atoms with van der Waals surface area (Å²) in [4.78, 5) is 0. The van der Waals surface area contributed by atoms with Gasteiger partial charge in [-0.3, -0.25) is 0 Å². The molecule has 0 saturated heterocycles. The lowest BCUT2D eigenvalue weighted by atomic mass is 9.99. The third-order valence-electron chi connectivity index (χ3n) is 3.18. The van der Waals surface area contributed by atoms with Crippen LogP contribution in [0.1, 0.15) is 25.8 Å². The molecule has 1 atom stereocenters. The Morgan fingerprint density at radius 1 is 1.21 bits per heavy atom. The van der Waals surface area contributed by atoms with Gasteiger partial charge in [0.15, 0.2) is 9.84 Å². The average molecular weight is 368 g/mol. The molecule has 1 unspecified atom stereocenters. The molecule has 5 heteroatoms. The van der Waals surface area contributed by atoms with Gasteiger partial charge in [-0.2, -0.15) is 0 Å². The van der Waals surface area contributed by atoms with Gasteiger partial charge in [0.2, 0.25) is 0 Å². The van der Waals surface area contributed by atoms with Gasteiger partial charge in [0, 0.05) is 10.4 Å². The van der Waals surface area contributed by atoms with Crippen molar-refractivity contribution in [1.29, 1.82) is 0 Å². The van der Waals surface area contributed by atoms with E-state index >= 15 is 0 Å². The number of sulfone groups is 1. The first-order valence-electron chi connectivity index (χ1n) is 6.37. The minimum Gasteiger partial charge on any atom is -0.229 e. The van der Waals surface area contributed by atoms with Gasteiger partial charge in [0.1, 0.15) is 0 Å². The van der Waals surface area contributed by atoms with Crippen molar-refractivity contribution in [1.82, 2.24) is 0 Å². The second-order valence-electron chi connectivity index (χ2n) is 5.06. The van der Waals surface area contributed by atoms with Crippen LogP contribution < -0.4 is 0 Å². The molecule has 0 aliphatic rings. The summed E-state index contributed by atoms with van der Waals surface area (Å²) in [6.07, 6.45) is 1.45. The molecule has 0 spiro atoms. The molecule has 0 saturated carbocycles. The Morgan fingerprint density at radius 3 is 2.26 bits per heavy atom. The fourth-order valence-electron chi connectivity index (χ4n) is 1.75. The number of hydrogen-bond donors (Lipinski definition) is 0. The largest absolute Gasteiger partial charge is 0.229 e. The minimum absolute atomic E-state index is 0.205. The van der Waals surface area contributed by atoms with E-state index in [9.17, 15) is 8.42 Å². The van der Waals surface area contributed by atoms with Crippen LogP contribution in [-0.4, -0.2) is 25.3 Å². The second kappa shape index (κ2) is 7.65. The SMILES string of the molecule is CC(C)S(=O)(=O)CCC(CCl)Cc1ccc(Br)cc1. The van der Waals surface area contributed by atoms with Crippen molar-refractivity contribution in [3.63, 3.8) is 0 Å². The third-order valence-corrected chi connectivity index (χ3v) is 6.39. The van der Waals surface area contributed by atoms with Crippen molar-refractivity contribution in [3.8, 4) is 0 Å². The highest BCUT2D eigenvalue weighted by molar-refractivity contribution is 9.10. The molecule has 2 nitrogen and oxygen atoms in total. The van der Waals surface area contributed by atoms with Gasteiger partial charge in [-0.05, 0) is 50.3 Å². The molecule has 0 fully saturated rings. The van der Waals surface area contributed by atoms with Crippen molar-refractivity contribution in [2.75, 3.05) is 11.6 Å². The standard InChI is InChI=1S/C14H20BrClO2S/c1-11(2)19(17,18)8-7-13(10-16)9-12-3-5-14(15)6-4-12/h3-6,11,13H,7-10H2,1-2H3. The first-order valence-corrected chi connectivity index (χ1v) is 9.41. The summed E-state index contributed by atoms with van der Waals surface area (Å²) in [5, 5.41) is -0.309. The molecule has 0 heterocycles. The van der Waals surface area contributed by atoms with E-state index in [1.807, 2.05) is 24.3 Å². The Balaban J connectivity index is 2.57. The van der Waals surface area contributed by atoms with Crippen molar-refractivity contribution in [3.05, 3.63) is 34.3 Å². The molecule has 0 N–H and O–H groups in total. The zero-order valence-electron chi connectivity index (χ0n) is 11.3. The number of rotatable bonds is 7. The second-order valence-corrected chi connectivity index (χ2v) is 8.96. The first-order chi connectivity index (χ1) is 8.85. The van der Waals surface area contributed by atoms with Gasteiger partial charge in [0.25, 0.3) is 0 Å². The lowest BCUT2D eigenvalue weighted by Gasteiger charge is -2.15. The number of benzene rings is 1. The van der Waals surface area contributed by atoms with Crippen LogP contribution in [0.3, 0.4) is 0 Å². The van der Waals surface area contributed by atoms with Crippen molar-refractivity contribution < 1.29 is 8.42 Å². The van der Waals surface area contributed by atoms with Crippen LogP contribution in [0.2, 0.25) is 0 Å². The normalized spacial score (nSPS) is 13.7. The Hall–Kier alpha value is -0.0600. The van der Waals surface area contributed by atoms with Crippen molar-refractivity contribution >= 4 is 37.4 Å². The molecule has 0 aromatic heterocycles. The molecule has 0 bridgehead atoms. The highest BCUT2D eigenvalue weighted by Crippen LogP contribution is 2.18. The Labute approximate surface area is 129 Å². The van der Waals surface area contributed by atoms with Crippen molar-refractivity contribution in [2.24, 2.45) is 5.92 Å². The van der Waals surface area contributed by atoms with Gasteiger partial charge in [0.05, 0.1) is 11.0 Å². The van der Waals surface area contributed by atoms with Gasteiger partial charge >= 0.3 is 0 Å². The summed E-state index contributed by atoms with van der Waals surface area (Å²) in [5.41, 5.74) is 1.19. The summed E-state index contributed by atoms with van der Waals surface area (Å²) >= 11 is 9.35. The van der Waals surface area contributed by atoms with Crippen molar-refractivity contribution in [2.45, 2.75) is 31.9 Å². The number of hydrogen-bond acceptors (Lipinski definition) is 2. The molecule has 108 valence electrons. The summed E-state index contributed by atoms with van der Waals surface area (Å²) in [7, 11) is -2.97. The predicted molar refractivity (Wildman–Crippen MR) is 85.6 cm³/mol. The van der Waals surface area contributed by atoms with E-state index in [4.69, 9.17) is 11.6 Å². The number of halogens is 2. The van der Waals surface area contributed by atoms with E-state index in [1.54, 1.807) is 13.8 Å². The van der Waals surface area contributed by atoms with Crippen LogP contribution in [-0.2, 0) is 16.3 Å². The maximum absolute atomic E-state index is 11.8. The third kappa shape index (κ3) is 5.84. The van der Waals surface area contributed by atoms with Crippen LogP contribution in [0, 0.1) is 5.92 Å². The van der Waals surface area contributed by atoms with Crippen LogP contribution in [0.25, 0.3) is 0 Å². The van der Waals surface area contributed by atoms with E-state index in [-0.39, 0.29) is 16.9 Å². The maximum Gasteiger partial charge on any atom is 0.152 e. The molecule has 0 aliphatic heterocycles. The van der Waals surface area contributed by atoms with E-state index in [2.05, 4.69) is 15.9 Å². The molecule has 1 aromatic rings. The van der Waals surface area contributed by atoms with Crippen LogP contribution in [0.5, 0.6) is 0 Å². The average Bonchev–Trinajstić information content (AvgIpc) is 2.36. The van der Waals surface area contributed by atoms with Gasteiger partial charge in [-0.25, -0.2) is 8.42 Å². The summed E-state index contributed by atoms with van der Waals surface area (Å²) in [6, 6.07) is 8.07. The monoisotopic (exact) mass is 366 g/mol. The van der Waals surface area contributed by atoms with Crippen LogP contribution >= 0.6 is 27.5 Å². The summed E-state index contributed by atoms with van der Waals surface area (Å²) in [5.74, 6) is 0.916. The Morgan fingerprint density at radius 2 is 1.79 bits per heavy atom. The topological polar surface area (TPSA) is 34.1 Å². The van der Waals surface area contributed by atoms with Gasteiger partial charge in [-0.1, -0.05) is 28.1 Å². The fraction of sp³-hybridized carbons (Fsp3) is 0.571. The molecule has 1 rings (SSSR count). The molecule has 1 aromatic carbocycles. The highest BCUT2D eigenvalue weighted by Gasteiger charge is 2.19. The molecular formula is C14H20BrClO2S. The number of alkyl halides is 1. The van der Waals surface area contributed by atoms with Gasteiger partial charge < -0.3 is 0 Å². The first kappa shape index (κ1) is 17.0. The Bertz CT molecular complexity index is 483. The van der Waals surface area contributed by atoms with Gasteiger partial charge in [-0.15, -0.1) is 11.6 Å². The molecule has 19 heavy (non-hydrogen) atoms. The maximum atomic E-state index is 11.8. The Kier molecular flexibility index (Phi) is 6.84. The minimum atomic E-state index is -2.97. The predicted octanol–water partition coefficient (Wildman–Crippen LogP) is 4.06. The molecule has 0 aliphatic carbocycles. The quantitative estimate of drug-likeness (QED) is 0.681. The molecule has 0 amide bonds. The van der Waals surface area contributed by atoms with E-state index in [1.165, 1.54) is 5.56 Å². The van der Waals surface area contributed by atoms with E-state index in [0.717, 1.165) is 10.9 Å². The highest BCUT2D eigenvalue weighted by atomic mass is 79.9. The summed E-state index contributed by atoms with van der Waals surface area (Å²) in [6.45, 7) is 3.44. The zero-order chi connectivity index (χ0) is 14.5. The fourth-order valence-corrected chi connectivity index (χ4v) is 3.42. The molecule has 0 radical (unpaired) electrons. The van der Waals surface area contributed by atoms with E-state index in [0.29, 0.717) is 12.3 Å². The zero-order valence-corrected chi connectivity index (χ0v) is 14.4. The van der Waals surface area contributed by atoms with Crippen LogP contribution in [0.4, 0.5) is 0 Å². The van der Waals surface area contributed by atoms with E-state index < -0.39 is 9.84 Å². The lowest BCUT2D eigenvalue weighted by Crippen LogP contribution is -2.21. The molecular weight excluding hydrogens is 348 g/mol. The lowest BCUT2D eigenvalue weighted by molar-refractivity contribution is 0.544. The smallest absolute Gasteiger partial charge is 0.152 e. The summed E-state index contributed by atoms with van der Waals surface area (Å²) < 4.78 is 24.6.